The Morgan fingerprint density at radius 2 is 2.00 bits per heavy atom. The van der Waals surface area contributed by atoms with Gasteiger partial charge < -0.3 is 0 Å². The van der Waals surface area contributed by atoms with Gasteiger partial charge in [-0.05, 0) is 69.1 Å². The third kappa shape index (κ3) is 6.69. The molecule has 0 radical (unpaired) electrons. The molecule has 0 aromatic rings. The number of allylic oxidation sites excluding steroid dienone is 5. The molecule has 0 aliphatic heterocycles. The maximum atomic E-state index is 4.43. The van der Waals surface area contributed by atoms with Gasteiger partial charge in [0.05, 0.1) is 0 Å². The fourth-order valence-electron chi connectivity index (χ4n) is 3.53. The van der Waals surface area contributed by atoms with Crippen molar-refractivity contribution in [3.63, 3.8) is 0 Å². The summed E-state index contributed by atoms with van der Waals surface area (Å²) in [6, 6.07) is 0. The van der Waals surface area contributed by atoms with E-state index in [1.54, 1.807) is 5.57 Å². The van der Waals surface area contributed by atoms with E-state index in [9.17, 15) is 0 Å². The summed E-state index contributed by atoms with van der Waals surface area (Å²) in [7, 11) is 0. The van der Waals surface area contributed by atoms with Crippen LogP contribution in [-0.2, 0) is 0 Å². The quantitative estimate of drug-likeness (QED) is 0.402. The molecule has 1 aliphatic carbocycles. The Balaban J connectivity index is 2.63. The minimum Gasteiger partial charge on any atom is -0.0993 e. The second kappa shape index (κ2) is 8.90. The van der Waals surface area contributed by atoms with Gasteiger partial charge in [-0.15, -0.1) is 0 Å². The molecular weight excluding hydrogens is 276 g/mol. The molecule has 0 saturated heterocycles. The molecule has 0 heterocycles. The molecule has 0 N–H and O–H groups in total. The molecule has 2 unspecified atom stereocenters. The average Bonchev–Trinajstić information content (AvgIpc) is 2.50. The van der Waals surface area contributed by atoms with Crippen molar-refractivity contribution in [3.05, 3.63) is 35.5 Å². The fourth-order valence-corrected chi connectivity index (χ4v) is 3.53. The van der Waals surface area contributed by atoms with Gasteiger partial charge in [-0.1, -0.05) is 76.5 Å². The first-order valence-corrected chi connectivity index (χ1v) is 9.67. The van der Waals surface area contributed by atoms with E-state index >= 15 is 0 Å². The summed E-state index contributed by atoms with van der Waals surface area (Å²) in [6.07, 6.45) is 12.6. The molecule has 0 amide bonds. The highest BCUT2D eigenvalue weighted by Crippen LogP contribution is 2.38. The van der Waals surface area contributed by atoms with Crippen LogP contribution in [0.2, 0.25) is 0 Å². The Bertz CT molecular complexity index is 441. The monoisotopic (exact) mass is 316 g/mol. The molecule has 0 aromatic carbocycles. The van der Waals surface area contributed by atoms with Crippen LogP contribution in [0.1, 0.15) is 87.0 Å². The molecule has 0 heteroatoms. The SMILES string of the molecule is C=C(CCC1C=C(C(C)C)CC(CC)C1)C(C)(C)CC=C(C)C. The van der Waals surface area contributed by atoms with Crippen molar-refractivity contribution in [1.82, 2.24) is 0 Å². The Hall–Kier alpha value is -0.780. The Labute approximate surface area is 146 Å². The van der Waals surface area contributed by atoms with Crippen molar-refractivity contribution in [2.24, 2.45) is 23.2 Å². The van der Waals surface area contributed by atoms with Gasteiger partial charge in [-0.2, -0.15) is 0 Å². The fraction of sp³-hybridized carbons (Fsp3) is 0.739. The lowest BCUT2D eigenvalue weighted by Crippen LogP contribution is -2.18. The van der Waals surface area contributed by atoms with Gasteiger partial charge >= 0.3 is 0 Å². The highest BCUT2D eigenvalue weighted by molar-refractivity contribution is 5.14. The largest absolute Gasteiger partial charge is 0.0993 e. The summed E-state index contributed by atoms with van der Waals surface area (Å²) in [5.41, 5.74) is 4.75. The first-order valence-electron chi connectivity index (χ1n) is 9.67. The van der Waals surface area contributed by atoms with Gasteiger partial charge in [0.25, 0.3) is 0 Å². The van der Waals surface area contributed by atoms with Crippen molar-refractivity contribution >= 4 is 0 Å². The van der Waals surface area contributed by atoms with Crippen molar-refractivity contribution in [2.45, 2.75) is 87.0 Å². The maximum Gasteiger partial charge on any atom is -0.0113 e. The van der Waals surface area contributed by atoms with Crippen LogP contribution in [0.25, 0.3) is 0 Å². The third-order valence-electron chi connectivity index (χ3n) is 5.72. The normalized spacial score (nSPS) is 22.0. The van der Waals surface area contributed by atoms with Crippen LogP contribution >= 0.6 is 0 Å². The Kier molecular flexibility index (Phi) is 7.84. The van der Waals surface area contributed by atoms with Crippen molar-refractivity contribution < 1.29 is 0 Å². The lowest BCUT2D eigenvalue weighted by atomic mass is 9.74. The van der Waals surface area contributed by atoms with E-state index in [0.717, 1.165) is 18.3 Å². The average molecular weight is 317 g/mol. The second-order valence-corrected chi connectivity index (χ2v) is 8.88. The highest BCUT2D eigenvalue weighted by atomic mass is 14.3. The van der Waals surface area contributed by atoms with Crippen LogP contribution in [0.4, 0.5) is 0 Å². The topological polar surface area (TPSA) is 0 Å². The standard InChI is InChI=1S/C23H40/c1-9-20-14-21(16-22(15-20)18(4)5)11-10-19(6)23(7,8)13-12-17(2)3/h12,16,18,20-21H,6,9-11,13-15H2,1-5,7-8H3. The lowest BCUT2D eigenvalue weighted by molar-refractivity contribution is 0.342. The van der Waals surface area contributed by atoms with Crippen molar-refractivity contribution in [2.75, 3.05) is 0 Å². The van der Waals surface area contributed by atoms with Crippen LogP contribution < -0.4 is 0 Å². The van der Waals surface area contributed by atoms with Crippen LogP contribution in [0, 0.1) is 23.2 Å². The zero-order valence-electron chi connectivity index (χ0n) is 16.8. The van der Waals surface area contributed by atoms with Gasteiger partial charge in [0.15, 0.2) is 0 Å². The predicted molar refractivity (Wildman–Crippen MR) is 106 cm³/mol. The molecule has 0 spiro atoms. The molecule has 0 bridgehead atoms. The molecule has 132 valence electrons. The second-order valence-electron chi connectivity index (χ2n) is 8.88. The number of rotatable bonds is 8. The lowest BCUT2D eigenvalue weighted by Gasteiger charge is -2.32. The van der Waals surface area contributed by atoms with Crippen molar-refractivity contribution in [3.8, 4) is 0 Å². The van der Waals surface area contributed by atoms with Crippen molar-refractivity contribution in [1.29, 1.82) is 0 Å². The number of hydrogen-bond acceptors (Lipinski definition) is 0. The molecule has 23 heavy (non-hydrogen) atoms. The summed E-state index contributed by atoms with van der Waals surface area (Å²) >= 11 is 0. The first-order chi connectivity index (χ1) is 10.7. The van der Waals surface area contributed by atoms with E-state index in [-0.39, 0.29) is 5.41 Å². The van der Waals surface area contributed by atoms with Crippen LogP contribution in [0.15, 0.2) is 35.5 Å². The van der Waals surface area contributed by atoms with E-state index in [1.165, 1.54) is 43.3 Å². The van der Waals surface area contributed by atoms with Crippen LogP contribution in [0.3, 0.4) is 0 Å². The molecule has 0 nitrogen and oxygen atoms in total. The Morgan fingerprint density at radius 1 is 1.35 bits per heavy atom. The molecular formula is C23H40. The van der Waals surface area contributed by atoms with E-state index in [4.69, 9.17) is 0 Å². The van der Waals surface area contributed by atoms with Gasteiger partial charge in [0.1, 0.15) is 0 Å². The minimum absolute atomic E-state index is 0.223. The van der Waals surface area contributed by atoms with Gasteiger partial charge in [-0.25, -0.2) is 0 Å². The summed E-state index contributed by atoms with van der Waals surface area (Å²) in [5, 5.41) is 0. The third-order valence-corrected chi connectivity index (χ3v) is 5.72. The zero-order valence-corrected chi connectivity index (χ0v) is 16.8. The van der Waals surface area contributed by atoms with Crippen LogP contribution in [0.5, 0.6) is 0 Å². The van der Waals surface area contributed by atoms with E-state index in [1.807, 2.05) is 0 Å². The number of hydrogen-bond donors (Lipinski definition) is 0. The van der Waals surface area contributed by atoms with Gasteiger partial charge in [-0.3, -0.25) is 0 Å². The van der Waals surface area contributed by atoms with E-state index < -0.39 is 0 Å². The maximum absolute atomic E-state index is 4.43. The summed E-state index contributed by atoms with van der Waals surface area (Å²) in [4.78, 5) is 0. The van der Waals surface area contributed by atoms with Crippen LogP contribution in [-0.4, -0.2) is 0 Å². The minimum atomic E-state index is 0.223. The summed E-state index contributed by atoms with van der Waals surface area (Å²) in [6.45, 7) is 20.5. The summed E-state index contributed by atoms with van der Waals surface area (Å²) < 4.78 is 0. The first kappa shape index (κ1) is 20.3. The molecule has 2 atom stereocenters. The predicted octanol–water partition coefficient (Wildman–Crippen LogP) is 7.72. The molecule has 0 fully saturated rings. The highest BCUT2D eigenvalue weighted by Gasteiger charge is 2.25. The molecule has 0 aromatic heterocycles. The zero-order chi connectivity index (χ0) is 17.6. The van der Waals surface area contributed by atoms with Gasteiger partial charge in [0.2, 0.25) is 0 Å². The smallest absolute Gasteiger partial charge is 0.0113 e. The van der Waals surface area contributed by atoms with E-state index in [2.05, 4.69) is 67.2 Å². The summed E-state index contributed by atoms with van der Waals surface area (Å²) in [5.74, 6) is 2.38. The van der Waals surface area contributed by atoms with E-state index in [0.29, 0.717) is 5.92 Å². The molecule has 1 rings (SSSR count). The molecule has 0 saturated carbocycles. The Morgan fingerprint density at radius 3 is 2.52 bits per heavy atom. The van der Waals surface area contributed by atoms with Gasteiger partial charge in [0, 0.05) is 0 Å². The molecule has 1 aliphatic rings.